The summed E-state index contributed by atoms with van der Waals surface area (Å²) in [4.78, 5) is 26.5. The van der Waals surface area contributed by atoms with Gasteiger partial charge in [-0.15, -0.1) is 0 Å². The van der Waals surface area contributed by atoms with Crippen LogP contribution in [0.25, 0.3) is 0 Å². The van der Waals surface area contributed by atoms with Gasteiger partial charge in [-0.3, -0.25) is 4.79 Å². The van der Waals surface area contributed by atoms with Crippen LogP contribution in [0, 0.1) is 13.8 Å². The van der Waals surface area contributed by atoms with Crippen molar-refractivity contribution >= 4 is 23.4 Å². The fourth-order valence-corrected chi connectivity index (χ4v) is 3.95. The van der Waals surface area contributed by atoms with Gasteiger partial charge in [0.05, 0.1) is 0 Å². The normalized spacial score (nSPS) is 14.3. The fourth-order valence-electron chi connectivity index (χ4n) is 3.95. The van der Waals surface area contributed by atoms with E-state index in [1.165, 1.54) is 11.1 Å². The zero-order chi connectivity index (χ0) is 23.6. The summed E-state index contributed by atoms with van der Waals surface area (Å²) in [6, 6.07) is 18.2. The van der Waals surface area contributed by atoms with Crippen molar-refractivity contribution in [2.24, 2.45) is 0 Å². The second-order valence-corrected chi connectivity index (χ2v) is 9.79. The molecule has 1 aliphatic heterocycles. The van der Waals surface area contributed by atoms with Gasteiger partial charge < -0.3 is 15.1 Å². The van der Waals surface area contributed by atoms with E-state index in [0.29, 0.717) is 32.1 Å². The molecule has 1 aliphatic rings. The van der Waals surface area contributed by atoms with Crippen molar-refractivity contribution in [1.82, 2.24) is 14.9 Å². The lowest BCUT2D eigenvalue weighted by Crippen LogP contribution is -2.49. The minimum absolute atomic E-state index is 0.0776. The van der Waals surface area contributed by atoms with Crippen LogP contribution in [0.15, 0.2) is 54.6 Å². The lowest BCUT2D eigenvalue weighted by Gasteiger charge is -2.35. The summed E-state index contributed by atoms with van der Waals surface area (Å²) >= 11 is 0. The van der Waals surface area contributed by atoms with Crippen LogP contribution >= 0.6 is 0 Å². The maximum Gasteiger partial charge on any atom is 0.253 e. The number of carbonyl (C=O) groups excluding carboxylic acids is 1. The van der Waals surface area contributed by atoms with Crippen molar-refractivity contribution in [1.29, 1.82) is 0 Å². The molecule has 0 bridgehead atoms. The highest BCUT2D eigenvalue weighted by atomic mass is 16.2. The molecular formula is C27H33N5O. The van der Waals surface area contributed by atoms with E-state index >= 15 is 0 Å². The molecule has 2 aromatic carbocycles. The summed E-state index contributed by atoms with van der Waals surface area (Å²) in [6.45, 7) is 13.3. The third-order valence-corrected chi connectivity index (χ3v) is 6.01. The van der Waals surface area contributed by atoms with Crippen LogP contribution in [0.4, 0.5) is 17.5 Å². The van der Waals surface area contributed by atoms with Crippen LogP contribution in [0.3, 0.4) is 0 Å². The number of benzene rings is 2. The van der Waals surface area contributed by atoms with Crippen molar-refractivity contribution in [2.45, 2.75) is 40.0 Å². The number of rotatable bonds is 4. The van der Waals surface area contributed by atoms with Gasteiger partial charge in [0.15, 0.2) is 0 Å². The monoisotopic (exact) mass is 443 g/mol. The second kappa shape index (κ2) is 9.22. The number of nitrogens with one attached hydrogen (secondary N) is 1. The number of hydrogen-bond donors (Lipinski definition) is 1. The number of piperazine rings is 1. The third kappa shape index (κ3) is 5.51. The Hall–Kier alpha value is -3.41. The van der Waals surface area contributed by atoms with Gasteiger partial charge in [0, 0.05) is 49.2 Å². The number of nitrogens with zero attached hydrogens (tertiary/aromatic N) is 4. The highest BCUT2D eigenvalue weighted by molar-refractivity contribution is 5.94. The zero-order valence-electron chi connectivity index (χ0n) is 20.2. The molecule has 1 amide bonds. The number of hydrogen-bond acceptors (Lipinski definition) is 5. The summed E-state index contributed by atoms with van der Waals surface area (Å²) in [7, 11) is 0. The third-order valence-electron chi connectivity index (χ3n) is 6.01. The largest absolute Gasteiger partial charge is 0.340 e. The van der Waals surface area contributed by atoms with Crippen LogP contribution in [0.2, 0.25) is 0 Å². The van der Waals surface area contributed by atoms with E-state index in [9.17, 15) is 4.79 Å². The highest BCUT2D eigenvalue weighted by Gasteiger charge is 2.24. The molecular weight excluding hydrogens is 410 g/mol. The van der Waals surface area contributed by atoms with E-state index in [0.717, 1.165) is 22.8 Å². The van der Waals surface area contributed by atoms with Crippen LogP contribution in [0.1, 0.15) is 48.0 Å². The van der Waals surface area contributed by atoms with Gasteiger partial charge in [0.2, 0.25) is 5.95 Å². The minimum Gasteiger partial charge on any atom is -0.340 e. The predicted octanol–water partition coefficient (Wildman–Crippen LogP) is 5.10. The Morgan fingerprint density at radius 3 is 2.12 bits per heavy atom. The Morgan fingerprint density at radius 1 is 0.879 bits per heavy atom. The molecule has 0 saturated carbocycles. The Bertz CT molecular complexity index is 1110. The quantitative estimate of drug-likeness (QED) is 0.608. The summed E-state index contributed by atoms with van der Waals surface area (Å²) in [5, 5.41) is 3.37. The molecule has 1 aromatic heterocycles. The first kappa shape index (κ1) is 22.8. The summed E-state index contributed by atoms with van der Waals surface area (Å²) in [6.07, 6.45) is 0. The molecule has 2 heterocycles. The first-order valence-electron chi connectivity index (χ1n) is 11.5. The second-order valence-electron chi connectivity index (χ2n) is 9.79. The zero-order valence-corrected chi connectivity index (χ0v) is 20.2. The van der Waals surface area contributed by atoms with E-state index in [-0.39, 0.29) is 11.3 Å². The van der Waals surface area contributed by atoms with Crippen LogP contribution in [-0.4, -0.2) is 47.0 Å². The lowest BCUT2D eigenvalue weighted by molar-refractivity contribution is 0.0746. The molecule has 1 fully saturated rings. The molecule has 0 radical (unpaired) electrons. The molecule has 3 aromatic rings. The molecule has 0 aliphatic carbocycles. The number of amides is 1. The van der Waals surface area contributed by atoms with Crippen molar-refractivity contribution < 1.29 is 4.79 Å². The summed E-state index contributed by atoms with van der Waals surface area (Å²) in [5.41, 5.74) is 5.18. The smallest absolute Gasteiger partial charge is 0.253 e. The first-order valence-corrected chi connectivity index (χ1v) is 11.5. The van der Waals surface area contributed by atoms with Crippen molar-refractivity contribution in [3.63, 3.8) is 0 Å². The number of aromatic nitrogens is 2. The van der Waals surface area contributed by atoms with Gasteiger partial charge >= 0.3 is 0 Å². The molecule has 172 valence electrons. The Kier molecular flexibility index (Phi) is 6.36. The van der Waals surface area contributed by atoms with Crippen molar-refractivity contribution in [3.8, 4) is 0 Å². The highest BCUT2D eigenvalue weighted by Crippen LogP contribution is 2.23. The molecule has 6 nitrogen and oxygen atoms in total. The number of anilines is 3. The van der Waals surface area contributed by atoms with Gasteiger partial charge in [-0.2, -0.15) is 4.98 Å². The van der Waals surface area contributed by atoms with E-state index in [4.69, 9.17) is 4.98 Å². The molecule has 33 heavy (non-hydrogen) atoms. The van der Waals surface area contributed by atoms with Crippen molar-refractivity contribution in [2.75, 3.05) is 36.4 Å². The summed E-state index contributed by atoms with van der Waals surface area (Å²) in [5.74, 6) is 1.56. The molecule has 0 unspecified atom stereocenters. The minimum atomic E-state index is 0.0776. The van der Waals surface area contributed by atoms with E-state index in [1.807, 2.05) is 42.2 Å². The molecule has 0 atom stereocenters. The van der Waals surface area contributed by atoms with Crippen molar-refractivity contribution in [3.05, 3.63) is 77.0 Å². The van der Waals surface area contributed by atoms with Gasteiger partial charge in [0.25, 0.3) is 5.91 Å². The van der Waals surface area contributed by atoms with Crippen LogP contribution in [-0.2, 0) is 5.41 Å². The van der Waals surface area contributed by atoms with Gasteiger partial charge in [-0.25, -0.2) is 4.98 Å². The average molecular weight is 444 g/mol. The van der Waals surface area contributed by atoms with E-state index in [1.54, 1.807) is 0 Å². The van der Waals surface area contributed by atoms with Gasteiger partial charge in [-0.1, -0.05) is 50.6 Å². The topological polar surface area (TPSA) is 61.4 Å². The predicted molar refractivity (Wildman–Crippen MR) is 134 cm³/mol. The van der Waals surface area contributed by atoms with Crippen LogP contribution < -0.4 is 10.2 Å². The number of carbonyl (C=O) groups is 1. The SMILES string of the molecule is Cc1ccc(Nc2cc(C)nc(N3CCN(C(=O)c4ccc(C(C)(C)C)cc4)CC3)n2)cc1. The summed E-state index contributed by atoms with van der Waals surface area (Å²) < 4.78 is 0. The average Bonchev–Trinajstić information content (AvgIpc) is 2.79. The first-order chi connectivity index (χ1) is 15.7. The Morgan fingerprint density at radius 2 is 1.52 bits per heavy atom. The molecule has 1 N–H and O–H groups in total. The molecule has 4 rings (SSSR count). The fraction of sp³-hybridized carbons (Fsp3) is 0.370. The van der Waals surface area contributed by atoms with E-state index < -0.39 is 0 Å². The van der Waals surface area contributed by atoms with Crippen LogP contribution in [0.5, 0.6) is 0 Å². The lowest BCUT2D eigenvalue weighted by atomic mass is 9.86. The van der Waals surface area contributed by atoms with Gasteiger partial charge in [0.1, 0.15) is 5.82 Å². The molecule has 1 saturated heterocycles. The standard InChI is InChI=1S/C27H33N5O/c1-19-6-12-23(13-7-19)29-24-18-20(2)28-26(30-24)32-16-14-31(15-17-32)25(33)21-8-10-22(11-9-21)27(3,4)5/h6-13,18H,14-17H2,1-5H3,(H,28,29,30). The molecule has 6 heteroatoms. The number of aryl methyl sites for hydroxylation is 2. The van der Waals surface area contributed by atoms with E-state index in [2.05, 4.69) is 67.2 Å². The Balaban J connectivity index is 1.40. The maximum absolute atomic E-state index is 13.0. The Labute approximate surface area is 196 Å². The molecule has 0 spiro atoms. The maximum atomic E-state index is 13.0. The van der Waals surface area contributed by atoms with Gasteiger partial charge in [-0.05, 0) is 49.1 Å².